The summed E-state index contributed by atoms with van der Waals surface area (Å²) in [5, 5.41) is 16.8. The standard InChI is InChI=1S/C17H17FN6OS/c1-11-21-17(26-22-11)16(20)24-9-8-23(10-14(24)19)15(25)7-4-12-2-5-13(18)6-3-12/h2-7,19-20H,8-10H2,1H3/b7-4+,19-14?,20-16?. The predicted molar refractivity (Wildman–Crippen MR) is 97.9 cm³/mol. The summed E-state index contributed by atoms with van der Waals surface area (Å²) in [7, 11) is 0. The molecule has 0 radical (unpaired) electrons. The molecular formula is C17H17FN6OS. The van der Waals surface area contributed by atoms with Crippen LogP contribution in [0.15, 0.2) is 30.3 Å². The van der Waals surface area contributed by atoms with Gasteiger partial charge in [-0.05, 0) is 42.2 Å². The Balaban J connectivity index is 1.61. The average Bonchev–Trinajstić information content (AvgIpc) is 3.07. The third-order valence-electron chi connectivity index (χ3n) is 3.86. The summed E-state index contributed by atoms with van der Waals surface area (Å²) < 4.78 is 16.9. The van der Waals surface area contributed by atoms with Gasteiger partial charge in [-0.2, -0.15) is 4.37 Å². The van der Waals surface area contributed by atoms with Crippen LogP contribution < -0.4 is 0 Å². The Kier molecular flexibility index (Phi) is 5.17. The summed E-state index contributed by atoms with van der Waals surface area (Å²) in [4.78, 5) is 19.6. The highest BCUT2D eigenvalue weighted by molar-refractivity contribution is 7.07. The third-order valence-corrected chi connectivity index (χ3v) is 4.67. The highest BCUT2D eigenvalue weighted by atomic mass is 32.1. The van der Waals surface area contributed by atoms with Gasteiger partial charge in [-0.15, -0.1) is 0 Å². The number of piperazine rings is 1. The third kappa shape index (κ3) is 3.99. The number of aryl methyl sites for hydroxylation is 1. The molecule has 1 aliphatic rings. The quantitative estimate of drug-likeness (QED) is 0.490. The second-order valence-corrected chi connectivity index (χ2v) is 6.49. The van der Waals surface area contributed by atoms with E-state index in [1.165, 1.54) is 28.0 Å². The first kappa shape index (κ1) is 17.9. The van der Waals surface area contributed by atoms with E-state index in [9.17, 15) is 9.18 Å². The van der Waals surface area contributed by atoms with Gasteiger partial charge < -0.3 is 9.80 Å². The fraction of sp³-hybridized carbons (Fsp3) is 0.235. The molecule has 0 unspecified atom stereocenters. The van der Waals surface area contributed by atoms with Gasteiger partial charge in [-0.3, -0.25) is 15.6 Å². The molecule has 1 aliphatic heterocycles. The van der Waals surface area contributed by atoms with Crippen LogP contribution in [0.5, 0.6) is 0 Å². The number of hydrogen-bond donors (Lipinski definition) is 2. The van der Waals surface area contributed by atoms with Crippen LogP contribution in [0.3, 0.4) is 0 Å². The van der Waals surface area contributed by atoms with Crippen molar-refractivity contribution in [1.82, 2.24) is 19.2 Å². The fourth-order valence-corrected chi connectivity index (χ4v) is 3.12. The van der Waals surface area contributed by atoms with Gasteiger partial charge >= 0.3 is 0 Å². The molecule has 1 fully saturated rings. The van der Waals surface area contributed by atoms with Gasteiger partial charge in [-0.25, -0.2) is 9.37 Å². The van der Waals surface area contributed by atoms with E-state index >= 15 is 0 Å². The Labute approximate surface area is 154 Å². The van der Waals surface area contributed by atoms with Gasteiger partial charge in [0.15, 0.2) is 10.8 Å². The molecule has 0 aliphatic carbocycles. The first-order valence-electron chi connectivity index (χ1n) is 7.91. The van der Waals surface area contributed by atoms with E-state index in [0.717, 1.165) is 17.1 Å². The topological polar surface area (TPSA) is 97.0 Å². The van der Waals surface area contributed by atoms with Crippen molar-refractivity contribution in [2.45, 2.75) is 6.92 Å². The molecule has 7 nitrogen and oxygen atoms in total. The van der Waals surface area contributed by atoms with E-state index in [2.05, 4.69) is 9.36 Å². The zero-order valence-electron chi connectivity index (χ0n) is 14.1. The molecule has 1 aromatic carbocycles. The zero-order chi connectivity index (χ0) is 18.7. The van der Waals surface area contributed by atoms with E-state index in [1.807, 2.05) is 0 Å². The highest BCUT2D eigenvalue weighted by Gasteiger charge is 2.27. The van der Waals surface area contributed by atoms with Crippen molar-refractivity contribution in [1.29, 1.82) is 10.8 Å². The van der Waals surface area contributed by atoms with Crippen molar-refractivity contribution in [2.24, 2.45) is 0 Å². The molecule has 26 heavy (non-hydrogen) atoms. The molecule has 1 saturated heterocycles. The van der Waals surface area contributed by atoms with Gasteiger partial charge in [-0.1, -0.05) is 12.1 Å². The number of rotatable bonds is 3. The minimum absolute atomic E-state index is 0.118. The van der Waals surface area contributed by atoms with Crippen LogP contribution in [0.1, 0.15) is 16.4 Å². The molecule has 2 heterocycles. The van der Waals surface area contributed by atoms with Crippen LogP contribution in [-0.4, -0.2) is 56.4 Å². The molecule has 9 heteroatoms. The lowest BCUT2D eigenvalue weighted by Gasteiger charge is -2.35. The molecule has 0 spiro atoms. The van der Waals surface area contributed by atoms with E-state index in [4.69, 9.17) is 10.8 Å². The minimum Gasteiger partial charge on any atom is -0.330 e. The van der Waals surface area contributed by atoms with Crippen molar-refractivity contribution in [2.75, 3.05) is 19.6 Å². The molecule has 0 saturated carbocycles. The summed E-state index contributed by atoms with van der Waals surface area (Å²) in [6.45, 7) is 2.62. The Morgan fingerprint density at radius 3 is 2.65 bits per heavy atom. The summed E-state index contributed by atoms with van der Waals surface area (Å²) in [6.07, 6.45) is 3.03. The predicted octanol–water partition coefficient (Wildman–Crippen LogP) is 2.15. The highest BCUT2D eigenvalue weighted by Crippen LogP contribution is 2.13. The second kappa shape index (κ2) is 7.52. The normalized spacial score (nSPS) is 14.9. The monoisotopic (exact) mass is 372 g/mol. The fourth-order valence-electron chi connectivity index (χ4n) is 2.49. The molecule has 1 amide bonds. The SMILES string of the molecule is Cc1nsc(C(=N)N2CCN(C(=O)/C=C/c3ccc(F)cc3)CC2=N)n1. The summed E-state index contributed by atoms with van der Waals surface area (Å²) >= 11 is 1.12. The van der Waals surface area contributed by atoms with E-state index in [-0.39, 0.29) is 29.9 Å². The Bertz CT molecular complexity index is 876. The maximum Gasteiger partial charge on any atom is 0.247 e. The van der Waals surface area contributed by atoms with Crippen LogP contribution in [-0.2, 0) is 4.79 Å². The second-order valence-electron chi connectivity index (χ2n) is 5.74. The smallest absolute Gasteiger partial charge is 0.247 e. The van der Waals surface area contributed by atoms with Crippen LogP contribution in [0, 0.1) is 23.6 Å². The maximum absolute atomic E-state index is 12.9. The maximum atomic E-state index is 12.9. The Morgan fingerprint density at radius 2 is 2.04 bits per heavy atom. The number of aromatic nitrogens is 2. The lowest BCUT2D eigenvalue weighted by atomic mass is 10.2. The average molecular weight is 372 g/mol. The lowest BCUT2D eigenvalue weighted by Crippen LogP contribution is -2.53. The molecule has 0 atom stereocenters. The minimum atomic E-state index is -0.328. The molecule has 3 rings (SSSR count). The number of carbonyl (C=O) groups is 1. The Hall–Kier alpha value is -2.94. The number of hydrogen-bond acceptors (Lipinski definition) is 6. The lowest BCUT2D eigenvalue weighted by molar-refractivity contribution is -0.125. The number of carbonyl (C=O) groups excluding carboxylic acids is 1. The number of nitrogens with one attached hydrogen (secondary N) is 2. The van der Waals surface area contributed by atoms with E-state index in [1.54, 1.807) is 25.1 Å². The molecule has 0 bridgehead atoms. The van der Waals surface area contributed by atoms with Gasteiger partial charge in [0, 0.05) is 19.2 Å². The number of halogens is 1. The summed E-state index contributed by atoms with van der Waals surface area (Å²) in [6, 6.07) is 5.84. The molecule has 2 N–H and O–H groups in total. The van der Waals surface area contributed by atoms with Gasteiger partial charge in [0.1, 0.15) is 17.5 Å². The molecule has 134 valence electrons. The van der Waals surface area contributed by atoms with Crippen LogP contribution in [0.2, 0.25) is 0 Å². The van der Waals surface area contributed by atoms with Gasteiger partial charge in [0.05, 0.1) is 6.54 Å². The number of amidine groups is 2. The summed E-state index contributed by atoms with van der Waals surface area (Å²) in [5.41, 5.74) is 0.724. The van der Waals surface area contributed by atoms with Crippen molar-refractivity contribution < 1.29 is 9.18 Å². The molecule has 1 aromatic heterocycles. The first-order valence-corrected chi connectivity index (χ1v) is 8.68. The number of nitrogens with zero attached hydrogens (tertiary/aromatic N) is 4. The van der Waals surface area contributed by atoms with E-state index in [0.29, 0.717) is 23.9 Å². The van der Waals surface area contributed by atoms with E-state index < -0.39 is 0 Å². The van der Waals surface area contributed by atoms with Crippen molar-refractivity contribution in [3.63, 3.8) is 0 Å². The molecular weight excluding hydrogens is 355 g/mol. The van der Waals surface area contributed by atoms with Crippen LogP contribution in [0.4, 0.5) is 4.39 Å². The molecule has 2 aromatic rings. The first-order chi connectivity index (χ1) is 12.4. The number of benzene rings is 1. The van der Waals surface area contributed by atoms with Crippen molar-refractivity contribution >= 4 is 35.2 Å². The largest absolute Gasteiger partial charge is 0.330 e. The van der Waals surface area contributed by atoms with Crippen molar-refractivity contribution in [3.8, 4) is 0 Å². The summed E-state index contributed by atoms with van der Waals surface area (Å²) in [5.74, 6) is 0.344. The van der Waals surface area contributed by atoms with Gasteiger partial charge in [0.2, 0.25) is 5.91 Å². The number of amides is 1. The van der Waals surface area contributed by atoms with Crippen molar-refractivity contribution in [3.05, 3.63) is 52.6 Å². The van der Waals surface area contributed by atoms with Gasteiger partial charge in [0.25, 0.3) is 0 Å². The van der Waals surface area contributed by atoms with Crippen LogP contribution in [0.25, 0.3) is 6.08 Å². The Morgan fingerprint density at radius 1 is 1.31 bits per heavy atom. The van der Waals surface area contributed by atoms with Crippen LogP contribution >= 0.6 is 11.5 Å². The zero-order valence-corrected chi connectivity index (χ0v) is 14.9.